The molecule has 0 bridgehead atoms. The third-order valence-electron chi connectivity index (χ3n) is 7.47. The fourth-order valence-corrected chi connectivity index (χ4v) is 6.10. The highest BCUT2D eigenvalue weighted by Gasteiger charge is 2.51. The van der Waals surface area contributed by atoms with Crippen molar-refractivity contribution in [2.45, 2.75) is 99.3 Å². The van der Waals surface area contributed by atoms with Gasteiger partial charge in [-0.05, 0) is 95.8 Å². The number of carbonyl (C=O) groups is 1. The Hall–Kier alpha value is -1.31. The number of carboxylic acids is 1. The molecule has 0 unspecified atom stereocenters. The van der Waals surface area contributed by atoms with Gasteiger partial charge in [-0.1, -0.05) is 48.6 Å². The Kier molecular flexibility index (Phi) is 7.16. The van der Waals surface area contributed by atoms with E-state index >= 15 is 0 Å². The largest absolute Gasteiger partial charge is 0.478 e. The van der Waals surface area contributed by atoms with Gasteiger partial charge in [-0.3, -0.25) is 0 Å². The van der Waals surface area contributed by atoms with Crippen molar-refractivity contribution in [3.8, 4) is 0 Å². The smallest absolute Gasteiger partial charge is 0.328 e. The summed E-state index contributed by atoms with van der Waals surface area (Å²) in [5.41, 5.74) is 6.35. The van der Waals surface area contributed by atoms with Crippen LogP contribution >= 0.6 is 0 Å². The first-order chi connectivity index (χ1) is 12.6. The van der Waals surface area contributed by atoms with Gasteiger partial charge in [0.2, 0.25) is 0 Å². The van der Waals surface area contributed by atoms with Crippen LogP contribution in [-0.2, 0) is 4.79 Å². The first-order valence-corrected chi connectivity index (χ1v) is 10.8. The van der Waals surface area contributed by atoms with E-state index < -0.39 is 5.97 Å². The lowest BCUT2D eigenvalue weighted by molar-refractivity contribution is -0.131. The van der Waals surface area contributed by atoms with Gasteiger partial charge in [0.15, 0.2) is 0 Å². The first-order valence-electron chi connectivity index (χ1n) is 10.8. The topological polar surface area (TPSA) is 37.3 Å². The zero-order valence-corrected chi connectivity index (χ0v) is 18.5. The number of allylic oxidation sites excluding steroid dienone is 5. The Morgan fingerprint density at radius 3 is 2.56 bits per heavy atom. The van der Waals surface area contributed by atoms with E-state index in [1.165, 1.54) is 56.6 Å². The zero-order valence-electron chi connectivity index (χ0n) is 18.5. The highest BCUT2D eigenvalue weighted by atomic mass is 16.4. The van der Waals surface area contributed by atoms with Gasteiger partial charge in [0, 0.05) is 6.08 Å². The first kappa shape index (κ1) is 22.0. The zero-order chi connectivity index (χ0) is 20.2. The van der Waals surface area contributed by atoms with Crippen molar-refractivity contribution in [1.82, 2.24) is 0 Å². The normalized spacial score (nSPS) is 31.5. The molecule has 1 saturated carbocycles. The van der Waals surface area contributed by atoms with E-state index in [1.807, 2.05) is 6.92 Å². The van der Waals surface area contributed by atoms with Crippen LogP contribution in [0.3, 0.4) is 0 Å². The van der Waals surface area contributed by atoms with Crippen LogP contribution in [0, 0.1) is 16.7 Å². The van der Waals surface area contributed by atoms with Gasteiger partial charge in [0.05, 0.1) is 0 Å². The van der Waals surface area contributed by atoms with Crippen LogP contribution in [0.2, 0.25) is 0 Å². The minimum atomic E-state index is -0.824. The number of hydrogen-bond acceptors (Lipinski definition) is 1. The third-order valence-corrected chi connectivity index (χ3v) is 7.47. The monoisotopic (exact) mass is 372 g/mol. The summed E-state index contributed by atoms with van der Waals surface area (Å²) in [5.74, 6) is -0.0674. The molecular weight excluding hydrogens is 332 g/mol. The summed E-state index contributed by atoms with van der Waals surface area (Å²) >= 11 is 0. The van der Waals surface area contributed by atoms with Crippen LogP contribution in [0.1, 0.15) is 99.3 Å². The Labute approximate surface area is 166 Å². The maximum Gasteiger partial charge on any atom is 0.328 e. The van der Waals surface area contributed by atoms with Crippen LogP contribution in [-0.4, -0.2) is 11.1 Å². The molecule has 0 spiro atoms. The Bertz CT molecular complexity index is 647. The Balaban J connectivity index is 2.22. The number of hydrogen-bond donors (Lipinski definition) is 1. The summed E-state index contributed by atoms with van der Waals surface area (Å²) in [5, 5.41) is 9.01. The molecule has 2 aliphatic rings. The maximum atomic E-state index is 11.0. The van der Waals surface area contributed by atoms with Gasteiger partial charge in [0.1, 0.15) is 0 Å². The van der Waals surface area contributed by atoms with Crippen LogP contribution in [0.25, 0.3) is 0 Å². The maximum absolute atomic E-state index is 11.0. The molecule has 1 fully saturated rings. The molecule has 3 atom stereocenters. The van der Waals surface area contributed by atoms with E-state index in [0.717, 1.165) is 24.3 Å². The number of rotatable bonds is 7. The fourth-order valence-electron chi connectivity index (χ4n) is 6.10. The summed E-state index contributed by atoms with van der Waals surface area (Å²) in [7, 11) is 0. The van der Waals surface area contributed by atoms with Gasteiger partial charge in [-0.2, -0.15) is 0 Å². The second kappa shape index (κ2) is 8.80. The van der Waals surface area contributed by atoms with E-state index in [2.05, 4.69) is 40.7 Å². The second-order valence-electron chi connectivity index (χ2n) is 9.92. The van der Waals surface area contributed by atoms with Crippen molar-refractivity contribution in [2.75, 3.05) is 0 Å². The molecule has 1 N–H and O–H groups in total. The van der Waals surface area contributed by atoms with Gasteiger partial charge >= 0.3 is 5.97 Å². The molecule has 0 amide bonds. The molecule has 0 aliphatic heterocycles. The molecule has 2 rings (SSSR count). The molecule has 0 aromatic rings. The fraction of sp³-hybridized carbons (Fsp3) is 0.720. The molecule has 0 saturated heterocycles. The van der Waals surface area contributed by atoms with Gasteiger partial charge in [-0.15, -0.1) is 0 Å². The highest BCUT2D eigenvalue weighted by molar-refractivity contribution is 5.80. The molecule has 152 valence electrons. The molecule has 0 heterocycles. The average Bonchev–Trinajstić information content (AvgIpc) is 2.52. The van der Waals surface area contributed by atoms with Gasteiger partial charge in [-0.25, -0.2) is 4.79 Å². The van der Waals surface area contributed by atoms with Crippen LogP contribution < -0.4 is 0 Å². The van der Waals surface area contributed by atoms with E-state index in [0.29, 0.717) is 10.8 Å². The second-order valence-corrected chi connectivity index (χ2v) is 9.92. The van der Waals surface area contributed by atoms with Crippen molar-refractivity contribution in [3.63, 3.8) is 0 Å². The van der Waals surface area contributed by atoms with Crippen molar-refractivity contribution < 1.29 is 9.90 Å². The van der Waals surface area contributed by atoms with Crippen molar-refractivity contribution in [2.24, 2.45) is 16.7 Å². The predicted octanol–water partition coefficient (Wildman–Crippen LogP) is 7.47. The van der Waals surface area contributed by atoms with E-state index in [1.54, 1.807) is 11.1 Å². The molecule has 0 aromatic heterocycles. The lowest BCUT2D eigenvalue weighted by Crippen LogP contribution is -2.46. The summed E-state index contributed by atoms with van der Waals surface area (Å²) in [6.07, 6.45) is 14.7. The van der Waals surface area contributed by atoms with Crippen molar-refractivity contribution >= 4 is 5.97 Å². The van der Waals surface area contributed by atoms with Crippen LogP contribution in [0.5, 0.6) is 0 Å². The SMILES string of the molecule is CC(C)=CCC[C@]1(C)CCC[C@]2(C)C(CC/C(C)=C\C(=O)O)=C(C)CC[C@@H]12. The summed E-state index contributed by atoms with van der Waals surface area (Å²) in [6, 6.07) is 0. The average molecular weight is 373 g/mol. The van der Waals surface area contributed by atoms with E-state index in [-0.39, 0.29) is 0 Å². The predicted molar refractivity (Wildman–Crippen MR) is 115 cm³/mol. The summed E-state index contributed by atoms with van der Waals surface area (Å²) < 4.78 is 0. The lowest BCUT2D eigenvalue weighted by Gasteiger charge is -2.56. The minimum Gasteiger partial charge on any atom is -0.478 e. The van der Waals surface area contributed by atoms with Crippen LogP contribution in [0.15, 0.2) is 34.4 Å². The minimum absolute atomic E-state index is 0.295. The van der Waals surface area contributed by atoms with Crippen molar-refractivity contribution in [3.05, 3.63) is 34.4 Å². The Morgan fingerprint density at radius 2 is 1.93 bits per heavy atom. The van der Waals surface area contributed by atoms with Crippen LogP contribution in [0.4, 0.5) is 0 Å². The standard InChI is InChI=1S/C25H40O2/c1-18(2)9-7-14-24(5)15-8-16-25(6)21(20(4)11-13-22(24)25)12-10-19(3)17-23(26)27/h9,17,22H,7-8,10-16H2,1-6H3,(H,26,27)/b19-17-/t22-,24+,25+/m0/s1. The Morgan fingerprint density at radius 1 is 1.22 bits per heavy atom. The van der Waals surface area contributed by atoms with E-state index in [9.17, 15) is 4.79 Å². The molecule has 27 heavy (non-hydrogen) atoms. The molecular formula is C25H40O2. The lowest BCUT2D eigenvalue weighted by atomic mass is 9.48. The number of carboxylic acid groups (broad SMARTS) is 1. The molecule has 2 heteroatoms. The number of fused-ring (bicyclic) bond motifs is 1. The quantitative estimate of drug-likeness (QED) is 0.372. The van der Waals surface area contributed by atoms with Gasteiger partial charge < -0.3 is 5.11 Å². The highest BCUT2D eigenvalue weighted by Crippen LogP contribution is 2.61. The number of aliphatic carboxylic acids is 1. The summed E-state index contributed by atoms with van der Waals surface area (Å²) in [4.78, 5) is 11.0. The van der Waals surface area contributed by atoms with Gasteiger partial charge in [0.25, 0.3) is 0 Å². The van der Waals surface area contributed by atoms with Crippen molar-refractivity contribution in [1.29, 1.82) is 0 Å². The molecule has 2 nitrogen and oxygen atoms in total. The summed E-state index contributed by atoms with van der Waals surface area (Å²) in [6.45, 7) is 13.7. The molecule has 0 radical (unpaired) electrons. The van der Waals surface area contributed by atoms with E-state index in [4.69, 9.17) is 5.11 Å². The molecule has 0 aromatic carbocycles. The molecule has 2 aliphatic carbocycles. The third kappa shape index (κ3) is 5.15.